The Hall–Kier alpha value is -3.78. The van der Waals surface area contributed by atoms with E-state index in [1.54, 1.807) is 49.4 Å². The van der Waals surface area contributed by atoms with Gasteiger partial charge in [0.05, 0.1) is 16.5 Å². The average molecular weight is 463 g/mol. The Morgan fingerprint density at radius 2 is 1.67 bits per heavy atom. The molecule has 1 aliphatic heterocycles. The number of carbonyl (C=O) groups is 1. The van der Waals surface area contributed by atoms with Crippen LogP contribution >= 0.6 is 0 Å². The van der Waals surface area contributed by atoms with E-state index < -0.39 is 15.3 Å². The molecule has 0 saturated heterocycles. The zero-order valence-corrected chi connectivity index (χ0v) is 19.2. The zero-order valence-electron chi connectivity index (χ0n) is 18.4. The highest BCUT2D eigenvalue weighted by atomic mass is 32.2. The lowest BCUT2D eigenvalue weighted by atomic mass is 9.99. The normalized spacial score (nSPS) is 15.4. The van der Waals surface area contributed by atoms with E-state index in [9.17, 15) is 13.2 Å². The summed E-state index contributed by atoms with van der Waals surface area (Å²) in [6.07, 6.45) is 0.525. The third-order valence-corrected chi connectivity index (χ3v) is 7.53. The number of hydrogen-bond acceptors (Lipinski definition) is 5. The van der Waals surface area contributed by atoms with Gasteiger partial charge in [0.25, 0.3) is 5.91 Å². The van der Waals surface area contributed by atoms with Crippen LogP contribution < -0.4 is 21.1 Å². The Labute approximate surface area is 193 Å². The minimum atomic E-state index is -3.44. The highest BCUT2D eigenvalue weighted by Gasteiger charge is 2.28. The van der Waals surface area contributed by atoms with E-state index in [4.69, 9.17) is 5.73 Å². The summed E-state index contributed by atoms with van der Waals surface area (Å²) in [5.74, 6) is -0.222. The maximum Gasteiger partial charge on any atom is 0.258 e. The molecule has 1 atom stereocenters. The maximum absolute atomic E-state index is 12.9. The van der Waals surface area contributed by atoms with E-state index in [2.05, 4.69) is 15.4 Å². The summed E-state index contributed by atoms with van der Waals surface area (Å²) in [5, 5.41) is 5.76. The molecule has 8 heteroatoms. The van der Waals surface area contributed by atoms with Crippen LogP contribution in [-0.2, 0) is 14.8 Å². The topological polar surface area (TPSA) is 113 Å². The second-order valence-electron chi connectivity index (χ2n) is 7.94. The Morgan fingerprint density at radius 1 is 1.00 bits per heavy atom. The van der Waals surface area contributed by atoms with E-state index in [0.29, 0.717) is 40.4 Å². The van der Waals surface area contributed by atoms with Crippen molar-refractivity contribution in [3.05, 3.63) is 83.9 Å². The molecule has 3 aromatic carbocycles. The maximum atomic E-state index is 12.9. The molecule has 33 heavy (non-hydrogen) atoms. The first kappa shape index (κ1) is 22.4. The number of nitrogen functional groups attached to an aromatic ring is 1. The van der Waals surface area contributed by atoms with E-state index in [0.717, 1.165) is 11.1 Å². The SMILES string of the molecule is CCC(C)S(=O)(=O)Nc1ccc(N/C(=C2\C(=O)Nc3ccc(N)cc32)c2ccccc2)cc1. The van der Waals surface area contributed by atoms with Crippen molar-refractivity contribution in [3.63, 3.8) is 0 Å². The lowest BCUT2D eigenvalue weighted by Crippen LogP contribution is -2.24. The van der Waals surface area contributed by atoms with Gasteiger partial charge in [-0.3, -0.25) is 9.52 Å². The molecule has 1 unspecified atom stereocenters. The first-order valence-corrected chi connectivity index (χ1v) is 12.2. The van der Waals surface area contributed by atoms with E-state index in [1.165, 1.54) is 0 Å². The highest BCUT2D eigenvalue weighted by molar-refractivity contribution is 7.93. The number of fused-ring (bicyclic) bond motifs is 1. The van der Waals surface area contributed by atoms with Gasteiger partial charge in [-0.2, -0.15) is 0 Å². The van der Waals surface area contributed by atoms with Crippen molar-refractivity contribution < 1.29 is 13.2 Å². The van der Waals surface area contributed by atoms with Crippen molar-refractivity contribution in [1.82, 2.24) is 0 Å². The van der Waals surface area contributed by atoms with E-state index in [-0.39, 0.29) is 5.91 Å². The molecule has 5 N–H and O–H groups in total. The lowest BCUT2D eigenvalue weighted by Gasteiger charge is -2.16. The summed E-state index contributed by atoms with van der Waals surface area (Å²) in [6.45, 7) is 3.51. The number of nitrogens with two attached hydrogens (primary N) is 1. The minimum Gasteiger partial charge on any atom is -0.399 e. The smallest absolute Gasteiger partial charge is 0.258 e. The number of sulfonamides is 1. The van der Waals surface area contributed by atoms with Crippen LogP contribution in [0.15, 0.2) is 72.8 Å². The number of nitrogens with one attached hydrogen (secondary N) is 3. The van der Waals surface area contributed by atoms with Crippen LogP contribution in [0, 0.1) is 0 Å². The van der Waals surface area contributed by atoms with Gasteiger partial charge in [0.1, 0.15) is 0 Å². The number of carbonyl (C=O) groups excluding carboxylic acids is 1. The third-order valence-electron chi connectivity index (χ3n) is 5.62. The second-order valence-corrected chi connectivity index (χ2v) is 10.0. The number of rotatable bonds is 7. The van der Waals surface area contributed by atoms with Gasteiger partial charge in [-0.15, -0.1) is 0 Å². The van der Waals surface area contributed by atoms with Gasteiger partial charge in [-0.1, -0.05) is 37.3 Å². The van der Waals surface area contributed by atoms with Crippen LogP contribution in [0.2, 0.25) is 0 Å². The number of benzene rings is 3. The molecule has 0 radical (unpaired) electrons. The molecule has 170 valence electrons. The number of anilines is 4. The molecular formula is C25H26N4O3S. The van der Waals surface area contributed by atoms with Gasteiger partial charge in [-0.25, -0.2) is 8.42 Å². The Balaban J connectivity index is 1.71. The molecule has 0 spiro atoms. The standard InChI is InChI=1S/C25H26N4O3S/c1-3-16(2)33(31,32)29-20-12-10-19(11-13-20)27-24(17-7-5-4-6-8-17)23-21-15-18(26)9-14-22(21)28-25(23)30/h4-16,27,29H,3,26H2,1-2H3,(H,28,30)/b24-23-. The third kappa shape index (κ3) is 4.70. The molecule has 0 fully saturated rings. The molecule has 1 heterocycles. The minimum absolute atomic E-state index is 0.222. The fourth-order valence-electron chi connectivity index (χ4n) is 3.57. The molecule has 1 aliphatic rings. The molecule has 0 aliphatic carbocycles. The van der Waals surface area contributed by atoms with Crippen molar-refractivity contribution in [3.8, 4) is 0 Å². The second kappa shape index (κ2) is 8.99. The zero-order chi connectivity index (χ0) is 23.6. The van der Waals surface area contributed by atoms with Crippen LogP contribution in [-0.4, -0.2) is 19.6 Å². The van der Waals surface area contributed by atoms with Crippen molar-refractivity contribution in [1.29, 1.82) is 0 Å². The summed E-state index contributed by atoms with van der Waals surface area (Å²) < 4.78 is 27.3. The van der Waals surface area contributed by atoms with Gasteiger partial charge in [0.2, 0.25) is 10.0 Å². The van der Waals surface area contributed by atoms with Crippen LogP contribution in [0.4, 0.5) is 22.7 Å². The summed E-state index contributed by atoms with van der Waals surface area (Å²) in [7, 11) is -3.44. The van der Waals surface area contributed by atoms with Crippen LogP contribution in [0.3, 0.4) is 0 Å². The largest absolute Gasteiger partial charge is 0.399 e. The molecule has 0 bridgehead atoms. The van der Waals surface area contributed by atoms with Gasteiger partial charge in [0.15, 0.2) is 0 Å². The number of amides is 1. The first-order chi connectivity index (χ1) is 15.8. The fraction of sp³-hybridized carbons (Fsp3) is 0.160. The van der Waals surface area contributed by atoms with E-state index >= 15 is 0 Å². The lowest BCUT2D eigenvalue weighted by molar-refractivity contribution is -0.110. The van der Waals surface area contributed by atoms with Crippen LogP contribution in [0.5, 0.6) is 0 Å². The quantitative estimate of drug-likeness (QED) is 0.299. The summed E-state index contributed by atoms with van der Waals surface area (Å²) in [5.41, 5.74) is 11.1. The van der Waals surface area contributed by atoms with Crippen molar-refractivity contribution in [2.45, 2.75) is 25.5 Å². The average Bonchev–Trinajstić information content (AvgIpc) is 3.13. The molecular weight excluding hydrogens is 436 g/mol. The van der Waals surface area contributed by atoms with Gasteiger partial charge in [-0.05, 0) is 61.4 Å². The van der Waals surface area contributed by atoms with Crippen molar-refractivity contribution in [2.24, 2.45) is 0 Å². The highest BCUT2D eigenvalue weighted by Crippen LogP contribution is 2.38. The molecule has 0 aromatic heterocycles. The van der Waals surface area contributed by atoms with Gasteiger partial charge in [0, 0.05) is 28.3 Å². The van der Waals surface area contributed by atoms with E-state index in [1.807, 2.05) is 37.3 Å². The Morgan fingerprint density at radius 3 is 2.33 bits per heavy atom. The summed E-state index contributed by atoms with van der Waals surface area (Å²) in [6, 6.07) is 21.8. The van der Waals surface area contributed by atoms with Gasteiger partial charge < -0.3 is 16.4 Å². The molecule has 3 aromatic rings. The summed E-state index contributed by atoms with van der Waals surface area (Å²) >= 11 is 0. The van der Waals surface area contributed by atoms with Gasteiger partial charge >= 0.3 is 0 Å². The summed E-state index contributed by atoms with van der Waals surface area (Å²) in [4.78, 5) is 12.9. The van der Waals surface area contributed by atoms with Crippen LogP contribution in [0.25, 0.3) is 11.3 Å². The first-order valence-electron chi connectivity index (χ1n) is 10.7. The molecule has 7 nitrogen and oxygen atoms in total. The molecule has 1 amide bonds. The predicted molar refractivity (Wildman–Crippen MR) is 135 cm³/mol. The molecule has 0 saturated carbocycles. The fourth-order valence-corrected chi connectivity index (χ4v) is 4.67. The Kier molecular flexibility index (Phi) is 6.11. The van der Waals surface area contributed by atoms with Crippen molar-refractivity contribution >= 4 is 50.0 Å². The van der Waals surface area contributed by atoms with Crippen LogP contribution in [0.1, 0.15) is 31.4 Å². The Bertz CT molecular complexity index is 1320. The number of hydrogen-bond donors (Lipinski definition) is 4. The predicted octanol–water partition coefficient (Wildman–Crippen LogP) is 4.74. The van der Waals surface area contributed by atoms with Crippen molar-refractivity contribution in [2.75, 3.05) is 21.1 Å². The molecule has 4 rings (SSSR count). The monoisotopic (exact) mass is 462 g/mol.